The van der Waals surface area contributed by atoms with Crippen LogP contribution in [0.1, 0.15) is 10.4 Å². The lowest BCUT2D eigenvalue weighted by Gasteiger charge is -2.09. The lowest BCUT2D eigenvalue weighted by atomic mass is 10.2. The first-order chi connectivity index (χ1) is 12.1. The van der Waals surface area contributed by atoms with Crippen molar-refractivity contribution in [1.82, 2.24) is 4.98 Å². The number of hydrogen-bond donors (Lipinski definition) is 1. The van der Waals surface area contributed by atoms with Crippen LogP contribution in [0, 0.1) is 10.1 Å². The number of anilines is 1. The number of nitro groups is 1. The van der Waals surface area contributed by atoms with Crippen LogP contribution in [0.4, 0.5) is 11.4 Å². The van der Waals surface area contributed by atoms with E-state index >= 15 is 0 Å². The molecule has 7 heteroatoms. The highest BCUT2D eigenvalue weighted by molar-refractivity contribution is 7.99. The monoisotopic (exact) mass is 351 g/mol. The summed E-state index contributed by atoms with van der Waals surface area (Å²) in [5.41, 5.74) is 1.17. The van der Waals surface area contributed by atoms with Crippen LogP contribution in [0.5, 0.6) is 0 Å². The van der Waals surface area contributed by atoms with Crippen LogP contribution in [-0.4, -0.2) is 15.8 Å². The number of pyridine rings is 1. The van der Waals surface area contributed by atoms with Crippen molar-refractivity contribution in [1.29, 1.82) is 0 Å². The third-order valence-electron chi connectivity index (χ3n) is 3.33. The van der Waals surface area contributed by atoms with E-state index in [-0.39, 0.29) is 11.6 Å². The second-order valence-electron chi connectivity index (χ2n) is 5.05. The van der Waals surface area contributed by atoms with E-state index in [0.29, 0.717) is 11.3 Å². The van der Waals surface area contributed by atoms with E-state index in [4.69, 9.17) is 0 Å². The van der Waals surface area contributed by atoms with Gasteiger partial charge in [0.2, 0.25) is 0 Å². The zero-order valence-electron chi connectivity index (χ0n) is 13.0. The van der Waals surface area contributed by atoms with E-state index in [0.717, 1.165) is 9.79 Å². The molecule has 0 aliphatic rings. The summed E-state index contributed by atoms with van der Waals surface area (Å²) in [6, 6.07) is 16.9. The van der Waals surface area contributed by atoms with Gasteiger partial charge in [-0.3, -0.25) is 19.9 Å². The highest BCUT2D eigenvalue weighted by Gasteiger charge is 2.13. The van der Waals surface area contributed by atoms with Gasteiger partial charge in [0.1, 0.15) is 0 Å². The Labute approximate surface area is 148 Å². The molecule has 0 saturated carbocycles. The highest BCUT2D eigenvalue weighted by atomic mass is 32.2. The quantitative estimate of drug-likeness (QED) is 0.544. The van der Waals surface area contributed by atoms with Crippen LogP contribution in [-0.2, 0) is 0 Å². The van der Waals surface area contributed by atoms with Gasteiger partial charge in [-0.1, -0.05) is 23.9 Å². The molecule has 0 saturated heterocycles. The molecule has 1 N–H and O–H groups in total. The first-order valence-electron chi connectivity index (χ1n) is 7.36. The summed E-state index contributed by atoms with van der Waals surface area (Å²) >= 11 is 1.37. The average molecular weight is 351 g/mol. The fourth-order valence-corrected chi connectivity index (χ4v) is 3.08. The van der Waals surface area contributed by atoms with Crippen LogP contribution < -0.4 is 5.32 Å². The van der Waals surface area contributed by atoms with Crippen molar-refractivity contribution in [2.24, 2.45) is 0 Å². The van der Waals surface area contributed by atoms with Gasteiger partial charge < -0.3 is 5.32 Å². The lowest BCUT2D eigenvalue weighted by Crippen LogP contribution is -2.12. The predicted molar refractivity (Wildman–Crippen MR) is 95.9 cm³/mol. The molecule has 0 aliphatic heterocycles. The maximum absolute atomic E-state index is 12.5. The number of non-ortho nitro benzene ring substituents is 1. The third kappa shape index (κ3) is 4.21. The summed E-state index contributed by atoms with van der Waals surface area (Å²) < 4.78 is 0. The van der Waals surface area contributed by atoms with E-state index in [1.54, 1.807) is 48.8 Å². The van der Waals surface area contributed by atoms with Gasteiger partial charge in [0, 0.05) is 28.1 Å². The summed E-state index contributed by atoms with van der Waals surface area (Å²) in [6.07, 6.45) is 3.21. The van der Waals surface area contributed by atoms with Crippen LogP contribution in [0.15, 0.2) is 82.8 Å². The van der Waals surface area contributed by atoms with Crippen LogP contribution in [0.3, 0.4) is 0 Å². The fourth-order valence-electron chi connectivity index (χ4n) is 2.14. The molecule has 3 aromatic rings. The van der Waals surface area contributed by atoms with Gasteiger partial charge in [-0.15, -0.1) is 0 Å². The first kappa shape index (κ1) is 16.7. The van der Waals surface area contributed by atoms with Crippen LogP contribution >= 0.6 is 11.8 Å². The Balaban J connectivity index is 1.81. The molecule has 0 bridgehead atoms. The molecule has 6 nitrogen and oxygen atoms in total. The topological polar surface area (TPSA) is 85.1 Å². The molecule has 1 amide bonds. The van der Waals surface area contributed by atoms with Gasteiger partial charge in [0.15, 0.2) is 0 Å². The molecule has 3 rings (SSSR count). The molecule has 25 heavy (non-hydrogen) atoms. The van der Waals surface area contributed by atoms with Gasteiger partial charge >= 0.3 is 0 Å². The second kappa shape index (κ2) is 7.59. The lowest BCUT2D eigenvalue weighted by molar-refractivity contribution is -0.384. The van der Waals surface area contributed by atoms with E-state index in [1.165, 1.54) is 23.9 Å². The molecular formula is C18H13N3O3S. The zero-order valence-corrected chi connectivity index (χ0v) is 13.8. The van der Waals surface area contributed by atoms with Crippen molar-refractivity contribution < 1.29 is 9.72 Å². The molecule has 0 fully saturated rings. The molecule has 0 aliphatic carbocycles. The Kier molecular flexibility index (Phi) is 5.06. The Morgan fingerprint density at radius 1 is 1.04 bits per heavy atom. The van der Waals surface area contributed by atoms with E-state index in [1.807, 2.05) is 12.1 Å². The summed E-state index contributed by atoms with van der Waals surface area (Å²) in [5.74, 6) is -0.238. The number of nitro benzene ring substituents is 1. The number of nitrogens with zero attached hydrogens (tertiary/aromatic N) is 2. The Bertz CT molecular complexity index is 899. The Morgan fingerprint density at radius 3 is 2.48 bits per heavy atom. The number of amides is 1. The average Bonchev–Trinajstić information content (AvgIpc) is 2.63. The van der Waals surface area contributed by atoms with Gasteiger partial charge in [-0.25, -0.2) is 0 Å². The van der Waals surface area contributed by atoms with E-state index < -0.39 is 4.92 Å². The smallest absolute Gasteiger partial charge is 0.269 e. The van der Waals surface area contributed by atoms with Crippen molar-refractivity contribution in [3.8, 4) is 0 Å². The number of aromatic nitrogens is 1. The molecule has 0 atom stereocenters. The molecule has 1 heterocycles. The van der Waals surface area contributed by atoms with E-state index in [9.17, 15) is 14.9 Å². The molecule has 124 valence electrons. The van der Waals surface area contributed by atoms with Crippen molar-refractivity contribution in [3.05, 3.63) is 88.7 Å². The normalized spacial score (nSPS) is 10.2. The maximum Gasteiger partial charge on any atom is 0.269 e. The number of rotatable bonds is 5. The van der Waals surface area contributed by atoms with Crippen molar-refractivity contribution in [3.63, 3.8) is 0 Å². The first-order valence-corrected chi connectivity index (χ1v) is 8.18. The molecule has 2 aromatic carbocycles. The predicted octanol–water partition coefficient (Wildman–Crippen LogP) is 4.39. The second-order valence-corrected chi connectivity index (χ2v) is 6.16. The standard InChI is InChI=1S/C18H13N3O3S/c22-18(20-13-4-3-11-19-12-13)16-5-1-2-6-17(16)25-15-9-7-14(8-10-15)21(23)24/h1-12H,(H,20,22). The SMILES string of the molecule is O=C(Nc1cccnc1)c1ccccc1Sc1ccc([N+](=O)[O-])cc1. The minimum absolute atomic E-state index is 0.0342. The largest absolute Gasteiger partial charge is 0.321 e. The van der Waals surface area contributed by atoms with E-state index in [2.05, 4.69) is 10.3 Å². The summed E-state index contributed by atoms with van der Waals surface area (Å²) in [6.45, 7) is 0. The van der Waals surface area contributed by atoms with Crippen LogP contribution in [0.2, 0.25) is 0 Å². The summed E-state index contributed by atoms with van der Waals surface area (Å²) in [5, 5.41) is 13.5. The Morgan fingerprint density at radius 2 is 1.80 bits per heavy atom. The van der Waals surface area contributed by atoms with Gasteiger partial charge in [0.25, 0.3) is 11.6 Å². The van der Waals surface area contributed by atoms with Gasteiger partial charge in [-0.05, 0) is 36.4 Å². The number of carbonyl (C=O) groups is 1. The fraction of sp³-hybridized carbons (Fsp3) is 0. The number of nitrogens with one attached hydrogen (secondary N) is 1. The van der Waals surface area contributed by atoms with Crippen molar-refractivity contribution >= 4 is 29.0 Å². The number of benzene rings is 2. The molecule has 1 aromatic heterocycles. The molecular weight excluding hydrogens is 338 g/mol. The van der Waals surface area contributed by atoms with Gasteiger partial charge in [-0.2, -0.15) is 0 Å². The number of hydrogen-bond acceptors (Lipinski definition) is 5. The maximum atomic E-state index is 12.5. The minimum atomic E-state index is -0.441. The van der Waals surface area contributed by atoms with Crippen molar-refractivity contribution in [2.75, 3.05) is 5.32 Å². The highest BCUT2D eigenvalue weighted by Crippen LogP contribution is 2.31. The minimum Gasteiger partial charge on any atom is -0.321 e. The third-order valence-corrected chi connectivity index (χ3v) is 4.41. The van der Waals surface area contributed by atoms with Crippen molar-refractivity contribution in [2.45, 2.75) is 9.79 Å². The van der Waals surface area contributed by atoms with Gasteiger partial charge in [0.05, 0.1) is 22.4 Å². The molecule has 0 radical (unpaired) electrons. The van der Waals surface area contributed by atoms with Crippen LogP contribution in [0.25, 0.3) is 0 Å². The molecule has 0 spiro atoms. The Hall–Kier alpha value is -3.19. The molecule has 0 unspecified atom stereocenters. The number of carbonyl (C=O) groups excluding carboxylic acids is 1. The summed E-state index contributed by atoms with van der Waals surface area (Å²) in [7, 11) is 0. The zero-order chi connectivity index (χ0) is 17.6. The summed E-state index contributed by atoms with van der Waals surface area (Å²) in [4.78, 5) is 28.4.